The minimum absolute atomic E-state index is 0.485. The van der Waals surface area contributed by atoms with Crippen molar-refractivity contribution in [1.82, 2.24) is 9.71 Å². The van der Waals surface area contributed by atoms with Gasteiger partial charge in [0.1, 0.15) is 0 Å². The van der Waals surface area contributed by atoms with Crippen molar-refractivity contribution in [2.75, 3.05) is 12.0 Å². The van der Waals surface area contributed by atoms with Gasteiger partial charge < -0.3 is 11.1 Å². The first kappa shape index (κ1) is 17.0. The van der Waals surface area contributed by atoms with E-state index < -0.39 is 16.5 Å². The number of anilines is 1. The molecule has 0 aliphatic heterocycles. The molecule has 128 valence electrons. The molecule has 4 N–H and O–H groups in total. The molecule has 0 radical (unpaired) electrons. The molecule has 1 aromatic carbocycles. The number of nitrogens with zero attached hydrogens (tertiary/aromatic N) is 1. The number of rotatable bonds is 4. The maximum Gasteiger partial charge on any atom is 0.0892 e. The second-order valence-electron chi connectivity index (χ2n) is 6.91. The summed E-state index contributed by atoms with van der Waals surface area (Å²) in [6.07, 6.45) is 7.16. The van der Waals surface area contributed by atoms with E-state index in [4.69, 9.17) is 16.1 Å². The van der Waals surface area contributed by atoms with Gasteiger partial charge in [0.2, 0.25) is 0 Å². The van der Waals surface area contributed by atoms with E-state index in [-0.39, 0.29) is 0 Å². The summed E-state index contributed by atoms with van der Waals surface area (Å²) in [5.74, 6) is 0. The van der Waals surface area contributed by atoms with Crippen molar-refractivity contribution in [1.29, 1.82) is 5.41 Å². The number of hydrogen-bond acceptors (Lipinski definition) is 4. The van der Waals surface area contributed by atoms with Crippen molar-refractivity contribution in [3.63, 3.8) is 0 Å². The van der Waals surface area contributed by atoms with Gasteiger partial charge in [-0.1, -0.05) is 0 Å². The van der Waals surface area contributed by atoms with Crippen LogP contribution in [0.15, 0.2) is 12.1 Å². The Balaban J connectivity index is 2.36. The summed E-state index contributed by atoms with van der Waals surface area (Å²) in [4.78, 5) is 4.91. The van der Waals surface area contributed by atoms with Crippen LogP contribution in [0.2, 0.25) is 0 Å². The van der Waals surface area contributed by atoms with Crippen LogP contribution in [0.3, 0.4) is 0 Å². The lowest BCUT2D eigenvalue weighted by Gasteiger charge is -2.31. The number of aromatic nitrogens is 1. The van der Waals surface area contributed by atoms with Gasteiger partial charge in [-0.2, -0.15) is 0 Å². The minimum Gasteiger partial charge on any atom is -0.398 e. The van der Waals surface area contributed by atoms with Crippen LogP contribution >= 0.6 is 0 Å². The monoisotopic (exact) mass is 344 g/mol. The number of benzene rings is 1. The largest absolute Gasteiger partial charge is 0.398 e. The van der Waals surface area contributed by atoms with Crippen LogP contribution in [-0.2, 0) is 29.4 Å². The third kappa shape index (κ3) is 2.84. The predicted octanol–water partition coefficient (Wildman–Crippen LogP) is 2.81. The number of nitrogens with one attached hydrogen (secondary N) is 2. The van der Waals surface area contributed by atoms with Gasteiger partial charge in [-0.05, 0) is 62.8 Å². The summed E-state index contributed by atoms with van der Waals surface area (Å²) >= 11 is 0. The topological polar surface area (TPSA) is 91.9 Å². The molecule has 0 saturated carbocycles. The molecule has 1 unspecified atom stereocenters. The van der Waals surface area contributed by atoms with Crippen LogP contribution in [0.5, 0.6) is 0 Å². The van der Waals surface area contributed by atoms with E-state index in [9.17, 15) is 4.21 Å². The third-order valence-corrected chi connectivity index (χ3v) is 5.48. The molecule has 0 saturated heterocycles. The number of hydrogen-bond donors (Lipinski definition) is 3. The summed E-state index contributed by atoms with van der Waals surface area (Å²) in [5, 5.41) is 8.78. The van der Waals surface area contributed by atoms with Crippen LogP contribution in [0.25, 0.3) is 10.9 Å². The average Bonchev–Trinajstić information content (AvgIpc) is 2.52. The molecule has 0 amide bonds. The molecule has 2 aromatic rings. The molecule has 3 rings (SSSR count). The molecule has 1 aliphatic rings. The Morgan fingerprint density at radius 2 is 1.96 bits per heavy atom. The van der Waals surface area contributed by atoms with Gasteiger partial charge in [0.25, 0.3) is 0 Å². The number of nitrogen functional groups attached to an aromatic ring is 1. The SMILES string of the molecule is CS(=O)NC(C)(C)c1nc2ccc(N)c(C=N)c2c2c1CCCC2. The molecular weight excluding hydrogens is 320 g/mol. The molecule has 5 nitrogen and oxygen atoms in total. The van der Waals surface area contributed by atoms with Crippen LogP contribution in [-0.4, -0.2) is 21.7 Å². The Labute approximate surface area is 145 Å². The molecule has 24 heavy (non-hydrogen) atoms. The van der Waals surface area contributed by atoms with Crippen LogP contribution in [0.1, 0.15) is 49.1 Å². The summed E-state index contributed by atoms with van der Waals surface area (Å²) in [5.41, 5.74) is 11.3. The van der Waals surface area contributed by atoms with Crippen LogP contribution in [0.4, 0.5) is 5.69 Å². The Morgan fingerprint density at radius 3 is 2.58 bits per heavy atom. The van der Waals surface area contributed by atoms with Crippen LogP contribution in [0, 0.1) is 5.41 Å². The second kappa shape index (κ2) is 6.26. The van der Waals surface area contributed by atoms with Crippen molar-refractivity contribution in [2.24, 2.45) is 0 Å². The van der Waals surface area contributed by atoms with Crippen molar-refractivity contribution >= 4 is 33.8 Å². The minimum atomic E-state index is -1.13. The summed E-state index contributed by atoms with van der Waals surface area (Å²) in [6, 6.07) is 3.74. The molecule has 0 bridgehead atoms. The smallest absolute Gasteiger partial charge is 0.0892 e. The standard InChI is InChI=1S/C18H24N4OS/c1-18(2,22-24(3)23)17-12-7-5-4-6-11(12)16-13(10-19)14(20)8-9-15(16)21-17/h8-10,19,22H,4-7,20H2,1-3H3. The predicted molar refractivity (Wildman–Crippen MR) is 101 cm³/mol. The summed E-state index contributed by atoms with van der Waals surface area (Å²) in [6.45, 7) is 4.04. The normalized spacial score (nSPS) is 16.0. The van der Waals surface area contributed by atoms with E-state index in [1.54, 1.807) is 6.26 Å². The second-order valence-corrected chi connectivity index (χ2v) is 8.03. The quantitative estimate of drug-likeness (QED) is 0.588. The van der Waals surface area contributed by atoms with E-state index in [1.165, 1.54) is 17.3 Å². The van der Waals surface area contributed by atoms with Gasteiger partial charge in [-0.15, -0.1) is 0 Å². The fourth-order valence-electron chi connectivity index (χ4n) is 3.75. The Bertz CT molecular complexity index is 845. The van der Waals surface area contributed by atoms with Gasteiger partial charge in [-0.3, -0.25) is 4.98 Å². The number of pyridine rings is 1. The lowest BCUT2D eigenvalue weighted by atomic mass is 9.82. The average molecular weight is 344 g/mol. The Kier molecular flexibility index (Phi) is 4.44. The van der Waals surface area contributed by atoms with Crippen molar-refractivity contribution < 1.29 is 4.21 Å². The van der Waals surface area contributed by atoms with Crippen molar-refractivity contribution in [3.8, 4) is 0 Å². The summed E-state index contributed by atoms with van der Waals surface area (Å²) in [7, 11) is -1.13. The zero-order chi connectivity index (χ0) is 17.5. The Hall–Kier alpha value is -1.79. The van der Waals surface area contributed by atoms with E-state index >= 15 is 0 Å². The molecule has 1 aliphatic carbocycles. The first-order valence-electron chi connectivity index (χ1n) is 8.21. The highest BCUT2D eigenvalue weighted by Gasteiger charge is 2.30. The lowest BCUT2D eigenvalue weighted by Crippen LogP contribution is -2.39. The highest BCUT2D eigenvalue weighted by molar-refractivity contribution is 7.82. The van der Waals surface area contributed by atoms with Crippen LogP contribution < -0.4 is 10.5 Å². The van der Waals surface area contributed by atoms with E-state index in [0.29, 0.717) is 5.69 Å². The highest BCUT2D eigenvalue weighted by atomic mass is 32.2. The van der Waals surface area contributed by atoms with E-state index in [1.807, 2.05) is 26.0 Å². The van der Waals surface area contributed by atoms with Gasteiger partial charge in [0.05, 0.1) is 27.7 Å². The molecule has 0 fully saturated rings. The highest BCUT2D eigenvalue weighted by Crippen LogP contribution is 2.37. The summed E-state index contributed by atoms with van der Waals surface area (Å²) < 4.78 is 14.9. The zero-order valence-electron chi connectivity index (χ0n) is 14.4. The molecular formula is C18H24N4OS. The fraction of sp³-hybridized carbons (Fsp3) is 0.444. The lowest BCUT2D eigenvalue weighted by molar-refractivity contribution is 0.473. The molecule has 0 spiro atoms. The fourth-order valence-corrected chi connectivity index (χ4v) is 4.56. The number of aryl methyl sites for hydroxylation is 1. The van der Waals surface area contributed by atoms with E-state index in [2.05, 4.69) is 4.72 Å². The van der Waals surface area contributed by atoms with E-state index in [0.717, 1.165) is 47.8 Å². The third-order valence-electron chi connectivity index (χ3n) is 4.68. The zero-order valence-corrected chi connectivity index (χ0v) is 15.2. The number of nitrogens with two attached hydrogens (primary N) is 1. The molecule has 1 aromatic heterocycles. The van der Waals surface area contributed by atoms with Gasteiger partial charge >= 0.3 is 0 Å². The molecule has 1 heterocycles. The first-order chi connectivity index (χ1) is 11.3. The Morgan fingerprint density at radius 1 is 1.29 bits per heavy atom. The van der Waals surface area contributed by atoms with Crippen molar-refractivity contribution in [2.45, 2.75) is 45.1 Å². The first-order valence-corrected chi connectivity index (χ1v) is 9.77. The van der Waals surface area contributed by atoms with Gasteiger partial charge in [-0.25, -0.2) is 8.93 Å². The number of fused-ring (bicyclic) bond motifs is 3. The van der Waals surface area contributed by atoms with Gasteiger partial charge in [0.15, 0.2) is 0 Å². The maximum absolute atomic E-state index is 11.7. The van der Waals surface area contributed by atoms with Gasteiger partial charge in [0, 0.05) is 29.1 Å². The molecule has 1 atom stereocenters. The maximum atomic E-state index is 11.7. The van der Waals surface area contributed by atoms with Crippen molar-refractivity contribution in [3.05, 3.63) is 34.5 Å². The molecule has 6 heteroatoms.